The lowest BCUT2D eigenvalue weighted by Gasteiger charge is -2.25. The van der Waals surface area contributed by atoms with Gasteiger partial charge in [0.2, 0.25) is 24.0 Å². The van der Waals surface area contributed by atoms with E-state index in [1.54, 1.807) is 20.2 Å². The van der Waals surface area contributed by atoms with Crippen molar-refractivity contribution in [2.24, 2.45) is 0 Å². The highest BCUT2D eigenvalue weighted by Gasteiger charge is 2.28. The number of nitrogens with zero attached hydrogens (tertiary/aromatic N) is 1. The van der Waals surface area contributed by atoms with E-state index in [1.807, 2.05) is 19.1 Å². The van der Waals surface area contributed by atoms with Crippen LogP contribution in [0.5, 0.6) is 0 Å². The van der Waals surface area contributed by atoms with E-state index in [-0.39, 0.29) is 5.91 Å². The Kier molecular flexibility index (Phi) is 9.63. The zero-order chi connectivity index (χ0) is 21.1. The molecular weight excluding hydrogens is 364 g/mol. The van der Waals surface area contributed by atoms with Gasteiger partial charge in [-0.3, -0.25) is 24.0 Å². The fraction of sp³-hybridized carbons (Fsp3) is 0.526. The highest BCUT2D eigenvalue weighted by Crippen LogP contribution is 2.17. The first-order chi connectivity index (χ1) is 13.3. The number of hydrogen-bond acceptors (Lipinski definition) is 5. The van der Waals surface area contributed by atoms with Gasteiger partial charge in [0.1, 0.15) is 6.04 Å². The van der Waals surface area contributed by atoms with Gasteiger partial charge in [0, 0.05) is 14.1 Å². The molecule has 0 aromatic rings. The molecule has 0 bridgehead atoms. The first-order valence-electron chi connectivity index (χ1n) is 9.19. The number of Topliss-reactive ketones (excluding diaryl/α,β-unsaturated/α-hetero) is 1. The maximum absolute atomic E-state index is 12.4. The van der Waals surface area contributed by atoms with E-state index in [1.165, 1.54) is 4.90 Å². The van der Waals surface area contributed by atoms with Crippen molar-refractivity contribution in [3.05, 3.63) is 23.8 Å². The van der Waals surface area contributed by atoms with Crippen LogP contribution in [0.3, 0.4) is 0 Å². The highest BCUT2D eigenvalue weighted by atomic mass is 16.2. The van der Waals surface area contributed by atoms with Gasteiger partial charge in [0.05, 0.1) is 12.6 Å². The number of carbonyl (C=O) groups is 5. The molecule has 2 atom stereocenters. The monoisotopic (exact) mass is 392 g/mol. The third-order valence-corrected chi connectivity index (χ3v) is 4.21. The Balaban J connectivity index is 2.69. The molecule has 9 nitrogen and oxygen atoms in total. The Morgan fingerprint density at radius 2 is 1.96 bits per heavy atom. The Morgan fingerprint density at radius 3 is 2.50 bits per heavy atom. The molecule has 1 aliphatic rings. The van der Waals surface area contributed by atoms with Gasteiger partial charge in [0.25, 0.3) is 5.91 Å². The van der Waals surface area contributed by atoms with Crippen molar-refractivity contribution in [3.63, 3.8) is 0 Å². The topological polar surface area (TPSA) is 125 Å². The molecule has 0 spiro atoms. The smallest absolute Gasteiger partial charge is 0.290 e. The second-order valence-electron chi connectivity index (χ2n) is 6.61. The molecule has 154 valence electrons. The van der Waals surface area contributed by atoms with Gasteiger partial charge in [0.15, 0.2) is 0 Å². The van der Waals surface area contributed by atoms with E-state index in [4.69, 9.17) is 0 Å². The van der Waals surface area contributed by atoms with Crippen LogP contribution in [0.4, 0.5) is 0 Å². The molecule has 3 N–H and O–H groups in total. The molecule has 0 saturated heterocycles. The number of ketones is 1. The first-order valence-corrected chi connectivity index (χ1v) is 9.19. The summed E-state index contributed by atoms with van der Waals surface area (Å²) in [6, 6.07) is -1.75. The molecule has 0 heterocycles. The number of amides is 4. The van der Waals surface area contributed by atoms with E-state index in [0.29, 0.717) is 25.7 Å². The summed E-state index contributed by atoms with van der Waals surface area (Å²) in [5.74, 6) is -2.65. The van der Waals surface area contributed by atoms with E-state index in [0.717, 1.165) is 12.0 Å². The van der Waals surface area contributed by atoms with Crippen LogP contribution in [-0.2, 0) is 24.0 Å². The van der Waals surface area contributed by atoms with Crippen LogP contribution >= 0.6 is 0 Å². The Hall–Kier alpha value is -2.97. The first kappa shape index (κ1) is 23.1. The summed E-state index contributed by atoms with van der Waals surface area (Å²) in [5.41, 5.74) is 0.773. The molecule has 28 heavy (non-hydrogen) atoms. The summed E-state index contributed by atoms with van der Waals surface area (Å²) in [4.78, 5) is 60.7. The summed E-state index contributed by atoms with van der Waals surface area (Å²) in [7, 11) is 3.18. The third kappa shape index (κ3) is 6.98. The number of nitrogens with one attached hydrogen (secondary N) is 3. The summed E-state index contributed by atoms with van der Waals surface area (Å²) in [6.07, 6.45) is 8.28. The molecule has 4 amide bonds. The standard InChI is InChI=1S/C19H28N4O5/c1-4-8-14(21-12-24)17(26)18(27)20-11-15(25)22-16(19(28)23(2)3)13-9-6-5-7-10-13/h5-6,9,12,14,16H,4,7-8,10-11H2,1-3H3,(H,20,27)(H,21,24)(H,22,25). The summed E-state index contributed by atoms with van der Waals surface area (Å²) in [6.45, 7) is 1.36. The Morgan fingerprint density at radius 1 is 1.25 bits per heavy atom. The lowest BCUT2D eigenvalue weighted by Crippen LogP contribution is -2.51. The van der Waals surface area contributed by atoms with Crippen LogP contribution in [0.15, 0.2) is 23.8 Å². The van der Waals surface area contributed by atoms with Crippen LogP contribution in [0.2, 0.25) is 0 Å². The maximum atomic E-state index is 12.4. The largest absolute Gasteiger partial charge is 0.348 e. The molecule has 0 radical (unpaired) electrons. The van der Waals surface area contributed by atoms with Crippen molar-refractivity contribution in [1.29, 1.82) is 0 Å². The Labute approximate surface area is 164 Å². The summed E-state index contributed by atoms with van der Waals surface area (Å²) < 4.78 is 0. The van der Waals surface area contributed by atoms with Gasteiger partial charge in [-0.15, -0.1) is 0 Å². The van der Waals surface area contributed by atoms with Crippen LogP contribution in [0.1, 0.15) is 32.6 Å². The van der Waals surface area contributed by atoms with E-state index in [9.17, 15) is 24.0 Å². The minimum Gasteiger partial charge on any atom is -0.348 e. The number of allylic oxidation sites excluding steroid dienone is 3. The van der Waals surface area contributed by atoms with Crippen LogP contribution in [0, 0.1) is 0 Å². The second-order valence-corrected chi connectivity index (χ2v) is 6.61. The normalized spacial score (nSPS) is 14.9. The molecule has 0 aromatic heterocycles. The van der Waals surface area contributed by atoms with Gasteiger partial charge >= 0.3 is 0 Å². The molecule has 1 rings (SSSR count). The lowest BCUT2D eigenvalue weighted by molar-refractivity contribution is -0.140. The molecule has 1 aliphatic carbocycles. The average molecular weight is 392 g/mol. The van der Waals surface area contributed by atoms with Crippen molar-refractivity contribution in [3.8, 4) is 0 Å². The SMILES string of the molecule is CCCC(NC=O)C(=O)C(=O)NCC(=O)NC(C(=O)N(C)C)C1=CC=CCC1. The molecule has 0 fully saturated rings. The lowest BCUT2D eigenvalue weighted by atomic mass is 9.97. The molecule has 0 aromatic carbocycles. The van der Waals surface area contributed by atoms with Crippen molar-refractivity contribution in [2.45, 2.75) is 44.7 Å². The van der Waals surface area contributed by atoms with Crippen molar-refractivity contribution >= 4 is 29.9 Å². The maximum Gasteiger partial charge on any atom is 0.290 e. The highest BCUT2D eigenvalue weighted by molar-refractivity contribution is 6.38. The Bertz CT molecular complexity index is 669. The number of rotatable bonds is 11. The van der Waals surface area contributed by atoms with Crippen molar-refractivity contribution in [2.75, 3.05) is 20.6 Å². The minimum atomic E-state index is -0.960. The predicted octanol–water partition coefficient (Wildman–Crippen LogP) is -0.564. The molecule has 2 unspecified atom stereocenters. The quantitative estimate of drug-likeness (QED) is 0.321. The van der Waals surface area contributed by atoms with Gasteiger partial charge in [-0.1, -0.05) is 31.6 Å². The van der Waals surface area contributed by atoms with E-state index in [2.05, 4.69) is 16.0 Å². The summed E-state index contributed by atoms with van der Waals surface area (Å²) >= 11 is 0. The molecule has 0 saturated carbocycles. The molecule has 9 heteroatoms. The molecule has 0 aliphatic heterocycles. The van der Waals surface area contributed by atoms with Crippen molar-refractivity contribution < 1.29 is 24.0 Å². The summed E-state index contributed by atoms with van der Waals surface area (Å²) in [5, 5.41) is 7.15. The van der Waals surface area contributed by atoms with Gasteiger partial charge in [-0.25, -0.2) is 0 Å². The van der Waals surface area contributed by atoms with Gasteiger partial charge in [-0.05, 0) is 24.8 Å². The minimum absolute atomic E-state index is 0.282. The van der Waals surface area contributed by atoms with Crippen LogP contribution < -0.4 is 16.0 Å². The van der Waals surface area contributed by atoms with Gasteiger partial charge < -0.3 is 20.9 Å². The number of carbonyl (C=O) groups excluding carboxylic acids is 5. The van der Waals surface area contributed by atoms with Crippen molar-refractivity contribution in [1.82, 2.24) is 20.9 Å². The predicted molar refractivity (Wildman–Crippen MR) is 103 cm³/mol. The van der Waals surface area contributed by atoms with Crippen LogP contribution in [0.25, 0.3) is 0 Å². The third-order valence-electron chi connectivity index (χ3n) is 4.21. The fourth-order valence-electron chi connectivity index (χ4n) is 2.71. The zero-order valence-corrected chi connectivity index (χ0v) is 16.5. The average Bonchev–Trinajstić information content (AvgIpc) is 2.69. The number of likely N-dealkylation sites (N-methyl/N-ethyl adjacent to an activating group) is 1. The van der Waals surface area contributed by atoms with Crippen LogP contribution in [-0.4, -0.2) is 67.5 Å². The zero-order valence-electron chi connectivity index (χ0n) is 16.5. The number of hydrogen-bond donors (Lipinski definition) is 3. The van der Waals surface area contributed by atoms with E-state index >= 15 is 0 Å². The van der Waals surface area contributed by atoms with E-state index < -0.39 is 36.2 Å². The molecular formula is C19H28N4O5. The second kappa shape index (κ2) is 11.7. The fourth-order valence-corrected chi connectivity index (χ4v) is 2.71. The van der Waals surface area contributed by atoms with Gasteiger partial charge in [-0.2, -0.15) is 0 Å².